The normalized spacial score (nSPS) is 20.3. The first-order chi connectivity index (χ1) is 21.0. The molecule has 0 radical (unpaired) electrons. The molecule has 0 aromatic heterocycles. The highest BCUT2D eigenvalue weighted by atomic mass is 32.1. The van der Waals surface area contributed by atoms with E-state index in [2.05, 4.69) is 13.8 Å². The van der Waals surface area contributed by atoms with Crippen LogP contribution in [0.5, 0.6) is 0 Å². The Balaban J connectivity index is 2.01. The zero-order valence-electron chi connectivity index (χ0n) is 28.0. The number of rotatable bonds is 29. The summed E-state index contributed by atoms with van der Waals surface area (Å²) in [6, 6.07) is 0. The van der Waals surface area contributed by atoms with E-state index < -0.39 is 24.4 Å². The average molecular weight is 645 g/mol. The van der Waals surface area contributed by atoms with Crippen LogP contribution in [0.4, 0.5) is 0 Å². The quantitative estimate of drug-likeness (QED) is 0.0620. The second-order valence-electron chi connectivity index (χ2n) is 12.8. The summed E-state index contributed by atoms with van der Waals surface area (Å²) in [5, 5.41) is 22.3. The van der Waals surface area contributed by atoms with Crippen molar-refractivity contribution in [2.75, 3.05) is 13.2 Å². The van der Waals surface area contributed by atoms with Crippen LogP contribution in [0.1, 0.15) is 181 Å². The SMILES string of the molecule is CCCCCCCCCCCCCCC(=S)OC[C@@H]1OC[C@@H](OC(=S)CCCCCCCCCCCCCC)[C@H](O)[C@H]1O. The lowest BCUT2D eigenvalue weighted by Crippen LogP contribution is -2.55. The standard InChI is InChI=1S/C36H68O5S2/c1-3-5-7-9-11-13-15-17-19-21-23-25-27-33(42)40-29-31-35(37)36(38)32(30-39-31)41-34(43)28-26-24-22-20-18-16-14-12-10-8-6-4-2/h31-32,35-38H,3-30H2,1-2H3/t31-,32+,35-,36-/m0/s1. The van der Waals surface area contributed by atoms with Gasteiger partial charge in [-0.2, -0.15) is 0 Å². The summed E-state index contributed by atoms with van der Waals surface area (Å²) < 4.78 is 17.3. The number of aliphatic hydroxyl groups excluding tert-OH is 2. The Morgan fingerprint density at radius 1 is 0.558 bits per heavy atom. The lowest BCUT2D eigenvalue weighted by Gasteiger charge is -2.37. The van der Waals surface area contributed by atoms with Crippen LogP contribution in [0.15, 0.2) is 0 Å². The maximum absolute atomic E-state index is 10.6. The Morgan fingerprint density at radius 2 is 0.930 bits per heavy atom. The maximum atomic E-state index is 10.6. The summed E-state index contributed by atoms with van der Waals surface area (Å²) in [5.41, 5.74) is 0. The fourth-order valence-corrected chi connectivity index (χ4v) is 6.28. The van der Waals surface area contributed by atoms with Crippen molar-refractivity contribution in [3.05, 3.63) is 0 Å². The number of unbranched alkanes of at least 4 members (excludes halogenated alkanes) is 22. The molecule has 0 aromatic rings. The third-order valence-corrected chi connectivity index (χ3v) is 9.37. The smallest absolute Gasteiger partial charge is 0.160 e. The molecule has 1 saturated heterocycles. The minimum Gasteiger partial charge on any atom is -0.484 e. The second kappa shape index (κ2) is 29.1. The maximum Gasteiger partial charge on any atom is 0.160 e. The van der Waals surface area contributed by atoms with Gasteiger partial charge < -0.3 is 24.4 Å². The molecule has 1 rings (SSSR count). The Hall–Kier alpha value is -0.340. The van der Waals surface area contributed by atoms with E-state index in [4.69, 9.17) is 38.6 Å². The molecule has 1 aliphatic rings. The number of hydrogen-bond donors (Lipinski definition) is 2. The summed E-state index contributed by atoms with van der Waals surface area (Å²) in [6.07, 6.45) is 29.3. The lowest BCUT2D eigenvalue weighted by atomic mass is 10.0. The summed E-state index contributed by atoms with van der Waals surface area (Å²) in [5.74, 6) is 0. The molecular weight excluding hydrogens is 577 g/mol. The van der Waals surface area contributed by atoms with Crippen molar-refractivity contribution >= 4 is 34.5 Å². The van der Waals surface area contributed by atoms with E-state index in [1.807, 2.05) is 0 Å². The molecule has 5 nitrogen and oxygen atoms in total. The highest BCUT2D eigenvalue weighted by molar-refractivity contribution is 7.80. The van der Waals surface area contributed by atoms with Gasteiger partial charge in [0.15, 0.2) is 16.2 Å². The number of aliphatic hydroxyl groups is 2. The molecule has 0 spiro atoms. The highest BCUT2D eigenvalue weighted by Gasteiger charge is 2.40. The van der Waals surface area contributed by atoms with E-state index in [0.717, 1.165) is 25.7 Å². The molecule has 0 amide bonds. The van der Waals surface area contributed by atoms with E-state index in [9.17, 15) is 10.2 Å². The van der Waals surface area contributed by atoms with E-state index >= 15 is 0 Å². The molecule has 0 aromatic carbocycles. The fraction of sp³-hybridized carbons (Fsp3) is 0.944. The van der Waals surface area contributed by atoms with Crippen molar-refractivity contribution in [1.82, 2.24) is 0 Å². The minimum absolute atomic E-state index is 0.144. The van der Waals surface area contributed by atoms with Crippen LogP contribution in [-0.4, -0.2) is 57.9 Å². The molecular formula is C36H68O5S2. The van der Waals surface area contributed by atoms with Crippen molar-refractivity contribution < 1.29 is 24.4 Å². The van der Waals surface area contributed by atoms with Gasteiger partial charge in [0.1, 0.15) is 24.9 Å². The zero-order valence-corrected chi connectivity index (χ0v) is 29.7. The summed E-state index contributed by atoms with van der Waals surface area (Å²) >= 11 is 10.8. The third kappa shape index (κ3) is 22.8. The molecule has 0 bridgehead atoms. The topological polar surface area (TPSA) is 68.2 Å². The molecule has 0 aliphatic carbocycles. The number of ether oxygens (including phenoxy) is 3. The molecule has 1 aliphatic heterocycles. The third-order valence-electron chi connectivity index (χ3n) is 8.75. The van der Waals surface area contributed by atoms with Crippen molar-refractivity contribution in [2.45, 2.75) is 205 Å². The second-order valence-corrected chi connectivity index (χ2v) is 13.8. The Morgan fingerprint density at radius 3 is 1.35 bits per heavy atom. The first-order valence-corrected chi connectivity index (χ1v) is 19.1. The van der Waals surface area contributed by atoms with Crippen LogP contribution < -0.4 is 0 Å². The molecule has 254 valence electrons. The monoisotopic (exact) mass is 644 g/mol. The molecule has 1 fully saturated rings. The van der Waals surface area contributed by atoms with Gasteiger partial charge in [0, 0.05) is 12.8 Å². The Bertz CT molecular complexity index is 660. The zero-order chi connectivity index (χ0) is 31.4. The van der Waals surface area contributed by atoms with Crippen LogP contribution in [0, 0.1) is 0 Å². The molecule has 7 heteroatoms. The fourth-order valence-electron chi connectivity index (χ4n) is 5.80. The van der Waals surface area contributed by atoms with E-state index in [1.54, 1.807) is 0 Å². The van der Waals surface area contributed by atoms with Crippen molar-refractivity contribution in [3.63, 3.8) is 0 Å². The van der Waals surface area contributed by atoms with Gasteiger partial charge in [-0.3, -0.25) is 0 Å². The van der Waals surface area contributed by atoms with Gasteiger partial charge in [-0.05, 0) is 37.3 Å². The van der Waals surface area contributed by atoms with Gasteiger partial charge in [0.05, 0.1) is 6.61 Å². The summed E-state index contributed by atoms with van der Waals surface area (Å²) in [4.78, 5) is 0. The Kier molecular flexibility index (Phi) is 27.5. The minimum atomic E-state index is -1.09. The molecule has 43 heavy (non-hydrogen) atoms. The molecule has 0 saturated carbocycles. The van der Waals surface area contributed by atoms with Gasteiger partial charge in [-0.15, -0.1) is 0 Å². The van der Waals surface area contributed by atoms with Gasteiger partial charge in [-0.25, -0.2) is 0 Å². The largest absolute Gasteiger partial charge is 0.484 e. The van der Waals surface area contributed by atoms with Crippen molar-refractivity contribution in [3.8, 4) is 0 Å². The molecule has 0 unspecified atom stereocenters. The predicted molar refractivity (Wildman–Crippen MR) is 189 cm³/mol. The first-order valence-electron chi connectivity index (χ1n) is 18.3. The Labute approximate surface area is 276 Å². The van der Waals surface area contributed by atoms with Crippen LogP contribution in [0.2, 0.25) is 0 Å². The summed E-state index contributed by atoms with van der Waals surface area (Å²) in [6.45, 7) is 4.85. The average Bonchev–Trinajstić information content (AvgIpc) is 3.00. The van der Waals surface area contributed by atoms with Gasteiger partial charge in [-0.1, -0.05) is 155 Å². The van der Waals surface area contributed by atoms with Crippen molar-refractivity contribution in [2.24, 2.45) is 0 Å². The van der Waals surface area contributed by atoms with E-state index in [1.165, 1.54) is 135 Å². The lowest BCUT2D eigenvalue weighted by molar-refractivity contribution is -0.190. The predicted octanol–water partition coefficient (Wildman–Crippen LogP) is 10.3. The van der Waals surface area contributed by atoms with Crippen LogP contribution in [0.25, 0.3) is 0 Å². The van der Waals surface area contributed by atoms with E-state index in [0.29, 0.717) is 16.5 Å². The van der Waals surface area contributed by atoms with E-state index in [-0.39, 0.29) is 13.2 Å². The van der Waals surface area contributed by atoms with Crippen molar-refractivity contribution in [1.29, 1.82) is 0 Å². The van der Waals surface area contributed by atoms with Crippen LogP contribution >= 0.6 is 24.4 Å². The molecule has 1 heterocycles. The van der Waals surface area contributed by atoms with Crippen LogP contribution in [-0.2, 0) is 14.2 Å². The van der Waals surface area contributed by atoms with Gasteiger partial charge >= 0.3 is 0 Å². The van der Waals surface area contributed by atoms with Gasteiger partial charge in [0.2, 0.25) is 0 Å². The molecule has 4 atom stereocenters. The number of hydrogen-bond acceptors (Lipinski definition) is 7. The summed E-state index contributed by atoms with van der Waals surface area (Å²) in [7, 11) is 0. The molecule has 2 N–H and O–H groups in total. The number of thiocarbonyl (C=S) groups is 2. The van der Waals surface area contributed by atoms with Gasteiger partial charge in [0.25, 0.3) is 0 Å². The highest BCUT2D eigenvalue weighted by Crippen LogP contribution is 2.21. The first kappa shape index (κ1) is 40.7. The van der Waals surface area contributed by atoms with Crippen LogP contribution in [0.3, 0.4) is 0 Å².